The number of anilines is 1. The molecular formula is C20H12Cl2N2O2S. The first-order valence-electron chi connectivity index (χ1n) is 7.98. The summed E-state index contributed by atoms with van der Waals surface area (Å²) in [5, 5.41) is 6.17. The van der Waals surface area contributed by atoms with Gasteiger partial charge in [-0.3, -0.25) is 10.1 Å². The summed E-state index contributed by atoms with van der Waals surface area (Å²) in [6.07, 6.45) is 0. The molecule has 4 rings (SSSR count). The highest BCUT2D eigenvalue weighted by Gasteiger charge is 2.16. The van der Waals surface area contributed by atoms with Crippen LogP contribution in [0.25, 0.3) is 22.6 Å². The minimum absolute atomic E-state index is 0.164. The third-order valence-corrected chi connectivity index (χ3v) is 5.14. The van der Waals surface area contributed by atoms with Gasteiger partial charge in [-0.1, -0.05) is 53.5 Å². The Morgan fingerprint density at radius 1 is 1.04 bits per heavy atom. The first-order chi connectivity index (χ1) is 13.1. The van der Waals surface area contributed by atoms with Gasteiger partial charge in [0.2, 0.25) is 0 Å². The lowest BCUT2D eigenvalue weighted by Crippen LogP contribution is -2.10. The van der Waals surface area contributed by atoms with Gasteiger partial charge in [-0.2, -0.15) is 0 Å². The van der Waals surface area contributed by atoms with Gasteiger partial charge in [0, 0.05) is 21.5 Å². The summed E-state index contributed by atoms with van der Waals surface area (Å²) >= 11 is 13.5. The summed E-state index contributed by atoms with van der Waals surface area (Å²) < 4.78 is 5.65. The molecular weight excluding hydrogens is 403 g/mol. The molecule has 2 aromatic heterocycles. The van der Waals surface area contributed by atoms with Crippen LogP contribution in [0, 0.1) is 0 Å². The van der Waals surface area contributed by atoms with Gasteiger partial charge in [0.1, 0.15) is 5.76 Å². The maximum Gasteiger partial charge on any atom is 0.293 e. The van der Waals surface area contributed by atoms with Crippen LogP contribution in [-0.2, 0) is 0 Å². The van der Waals surface area contributed by atoms with Crippen molar-refractivity contribution in [2.24, 2.45) is 0 Å². The summed E-state index contributed by atoms with van der Waals surface area (Å²) in [6.45, 7) is 0. The van der Waals surface area contributed by atoms with Crippen LogP contribution < -0.4 is 5.32 Å². The predicted octanol–water partition coefficient (Wildman–Crippen LogP) is 6.63. The quantitative estimate of drug-likeness (QED) is 0.407. The smallest absolute Gasteiger partial charge is 0.293 e. The predicted molar refractivity (Wildman–Crippen MR) is 110 cm³/mol. The van der Waals surface area contributed by atoms with E-state index in [0.717, 1.165) is 11.3 Å². The minimum atomic E-state index is -0.381. The van der Waals surface area contributed by atoms with E-state index in [1.54, 1.807) is 30.3 Å². The van der Waals surface area contributed by atoms with Crippen LogP contribution >= 0.6 is 34.5 Å². The van der Waals surface area contributed by atoms with E-state index < -0.39 is 0 Å². The molecule has 1 amide bonds. The van der Waals surface area contributed by atoms with Crippen molar-refractivity contribution >= 4 is 45.6 Å². The third kappa shape index (κ3) is 3.90. The van der Waals surface area contributed by atoms with E-state index in [2.05, 4.69) is 10.3 Å². The van der Waals surface area contributed by atoms with Gasteiger partial charge in [-0.15, -0.1) is 11.3 Å². The Morgan fingerprint density at radius 2 is 1.85 bits per heavy atom. The number of carbonyl (C=O) groups excluding carboxylic acids is 1. The highest BCUT2D eigenvalue weighted by Crippen LogP contribution is 2.32. The summed E-state index contributed by atoms with van der Waals surface area (Å²) in [4.78, 5) is 16.9. The zero-order chi connectivity index (χ0) is 18.8. The number of carbonyl (C=O) groups is 1. The number of amides is 1. The van der Waals surface area contributed by atoms with Gasteiger partial charge in [-0.25, -0.2) is 4.98 Å². The van der Waals surface area contributed by atoms with Crippen LogP contribution in [0.4, 0.5) is 5.13 Å². The van der Waals surface area contributed by atoms with E-state index in [-0.39, 0.29) is 11.7 Å². The molecule has 0 aliphatic rings. The van der Waals surface area contributed by atoms with Crippen LogP contribution in [0.3, 0.4) is 0 Å². The fourth-order valence-electron chi connectivity index (χ4n) is 2.52. The molecule has 0 aliphatic carbocycles. The molecule has 0 bridgehead atoms. The highest BCUT2D eigenvalue weighted by molar-refractivity contribution is 7.14. The standard InChI is InChI=1S/C20H12Cl2N2O2S/c21-13-6-7-15(22)14(10-13)17-8-9-18(26-17)19(25)24-20-23-16(11-27-20)12-4-2-1-3-5-12/h1-11H,(H,23,24,25). The van der Waals surface area contributed by atoms with Crippen molar-refractivity contribution in [3.05, 3.63) is 81.8 Å². The molecule has 0 spiro atoms. The van der Waals surface area contributed by atoms with E-state index in [1.807, 2.05) is 35.7 Å². The maximum atomic E-state index is 12.5. The molecule has 2 aromatic carbocycles. The van der Waals surface area contributed by atoms with Gasteiger partial charge in [0.05, 0.1) is 10.7 Å². The molecule has 0 saturated heterocycles. The topological polar surface area (TPSA) is 55.1 Å². The number of thiazole rings is 1. The number of nitrogens with one attached hydrogen (secondary N) is 1. The summed E-state index contributed by atoms with van der Waals surface area (Å²) in [5.41, 5.74) is 2.43. The molecule has 27 heavy (non-hydrogen) atoms. The molecule has 0 saturated carbocycles. The summed E-state index contributed by atoms with van der Waals surface area (Å²) in [5.74, 6) is 0.252. The van der Waals surface area contributed by atoms with Gasteiger partial charge in [-0.05, 0) is 30.3 Å². The van der Waals surface area contributed by atoms with Crippen molar-refractivity contribution in [2.45, 2.75) is 0 Å². The molecule has 0 atom stereocenters. The number of aromatic nitrogens is 1. The number of hydrogen-bond donors (Lipinski definition) is 1. The Hall–Kier alpha value is -2.60. The normalized spacial score (nSPS) is 10.7. The molecule has 0 unspecified atom stereocenters. The molecule has 7 heteroatoms. The summed E-state index contributed by atoms with van der Waals surface area (Å²) in [6, 6.07) is 18.1. The van der Waals surface area contributed by atoms with Crippen molar-refractivity contribution in [3.63, 3.8) is 0 Å². The first kappa shape index (κ1) is 17.8. The highest BCUT2D eigenvalue weighted by atomic mass is 35.5. The van der Waals surface area contributed by atoms with Gasteiger partial charge in [0.25, 0.3) is 5.91 Å². The number of hydrogen-bond acceptors (Lipinski definition) is 4. The lowest BCUT2D eigenvalue weighted by Gasteiger charge is -2.02. The lowest BCUT2D eigenvalue weighted by atomic mass is 10.2. The van der Waals surface area contributed by atoms with E-state index in [4.69, 9.17) is 27.6 Å². The van der Waals surface area contributed by atoms with E-state index in [0.29, 0.717) is 26.5 Å². The maximum absolute atomic E-state index is 12.5. The first-order valence-corrected chi connectivity index (χ1v) is 9.61. The Morgan fingerprint density at radius 3 is 2.67 bits per heavy atom. The number of furan rings is 1. The zero-order valence-corrected chi connectivity index (χ0v) is 16.1. The second-order valence-corrected chi connectivity index (χ2v) is 7.35. The molecule has 0 fully saturated rings. The van der Waals surface area contributed by atoms with Gasteiger partial charge >= 0.3 is 0 Å². The van der Waals surface area contributed by atoms with Crippen molar-refractivity contribution < 1.29 is 9.21 Å². The second-order valence-electron chi connectivity index (χ2n) is 5.65. The molecule has 4 aromatic rings. The average molecular weight is 415 g/mol. The van der Waals surface area contributed by atoms with Crippen molar-refractivity contribution in [2.75, 3.05) is 5.32 Å². The van der Waals surface area contributed by atoms with Crippen LogP contribution in [-0.4, -0.2) is 10.9 Å². The molecule has 4 nitrogen and oxygen atoms in total. The number of halogens is 2. The minimum Gasteiger partial charge on any atom is -0.451 e. The molecule has 0 aliphatic heterocycles. The molecule has 1 N–H and O–H groups in total. The SMILES string of the molecule is O=C(Nc1nc(-c2ccccc2)cs1)c1ccc(-c2cc(Cl)ccc2Cl)o1. The Balaban J connectivity index is 1.52. The van der Waals surface area contributed by atoms with Crippen LogP contribution in [0.5, 0.6) is 0 Å². The number of benzene rings is 2. The molecule has 134 valence electrons. The average Bonchev–Trinajstić information content (AvgIpc) is 3.34. The Kier molecular flexibility index (Phi) is 4.99. The Labute approximate surface area is 169 Å². The second kappa shape index (κ2) is 7.56. The van der Waals surface area contributed by atoms with Crippen LogP contribution in [0.15, 0.2) is 70.5 Å². The summed E-state index contributed by atoms with van der Waals surface area (Å²) in [7, 11) is 0. The molecule has 0 radical (unpaired) electrons. The number of nitrogens with zero attached hydrogens (tertiary/aromatic N) is 1. The Bertz CT molecular complexity index is 1110. The third-order valence-electron chi connectivity index (χ3n) is 3.82. The van der Waals surface area contributed by atoms with Crippen molar-refractivity contribution in [1.29, 1.82) is 0 Å². The fraction of sp³-hybridized carbons (Fsp3) is 0. The zero-order valence-electron chi connectivity index (χ0n) is 13.8. The molecule has 2 heterocycles. The van der Waals surface area contributed by atoms with Crippen molar-refractivity contribution in [3.8, 4) is 22.6 Å². The lowest BCUT2D eigenvalue weighted by molar-refractivity contribution is 0.0997. The fourth-order valence-corrected chi connectivity index (χ4v) is 3.62. The van der Waals surface area contributed by atoms with Crippen LogP contribution in [0.1, 0.15) is 10.6 Å². The van der Waals surface area contributed by atoms with Gasteiger partial charge < -0.3 is 4.42 Å². The number of rotatable bonds is 4. The van der Waals surface area contributed by atoms with Crippen molar-refractivity contribution in [1.82, 2.24) is 4.98 Å². The largest absolute Gasteiger partial charge is 0.451 e. The van der Waals surface area contributed by atoms with Gasteiger partial charge in [0.15, 0.2) is 10.9 Å². The van der Waals surface area contributed by atoms with E-state index in [1.165, 1.54) is 11.3 Å². The van der Waals surface area contributed by atoms with E-state index >= 15 is 0 Å². The van der Waals surface area contributed by atoms with Crippen LogP contribution in [0.2, 0.25) is 10.0 Å². The van der Waals surface area contributed by atoms with E-state index in [9.17, 15) is 4.79 Å². The monoisotopic (exact) mass is 414 g/mol.